The summed E-state index contributed by atoms with van der Waals surface area (Å²) in [5, 5.41) is 9.64. The maximum absolute atomic E-state index is 10.3. The van der Waals surface area contributed by atoms with E-state index in [1.54, 1.807) is 24.5 Å². The van der Waals surface area contributed by atoms with Crippen LogP contribution in [0.4, 0.5) is 0 Å². The van der Waals surface area contributed by atoms with Crippen LogP contribution >= 0.6 is 22.9 Å². The number of likely N-dealkylation sites (tertiary alicyclic amines) is 1. The number of nitrogens with one attached hydrogen (secondary N) is 1. The fourth-order valence-corrected chi connectivity index (χ4v) is 7.76. The van der Waals surface area contributed by atoms with Crippen LogP contribution in [0.15, 0.2) is 41.9 Å². The summed E-state index contributed by atoms with van der Waals surface area (Å²) >= 11 is 8.33. The van der Waals surface area contributed by atoms with Gasteiger partial charge < -0.3 is 16.0 Å². The highest BCUT2D eigenvalue weighted by atomic mass is 35.5. The number of primary amides is 1. The third-order valence-electron chi connectivity index (χ3n) is 8.46. The molecule has 2 fully saturated rings. The zero-order valence-electron chi connectivity index (χ0n) is 26.5. The molecule has 0 spiro atoms. The number of amides is 2. The average molecular weight is 650 g/mol. The van der Waals surface area contributed by atoms with E-state index in [1.165, 1.54) is 49.2 Å². The first-order valence-corrected chi connectivity index (χ1v) is 16.7. The lowest BCUT2D eigenvalue weighted by molar-refractivity contribution is -0.110. The highest BCUT2D eigenvalue weighted by Gasteiger charge is 2.30. The fraction of sp³-hybridized carbons (Fsp3) is 0.441. The Kier molecular flexibility index (Phi) is 12.7. The molecule has 2 amide bonds. The summed E-state index contributed by atoms with van der Waals surface area (Å²) in [5.41, 5.74) is 11.5. The summed E-state index contributed by atoms with van der Waals surface area (Å²) in [6.07, 6.45) is 16.3. The lowest BCUT2D eigenvalue weighted by Gasteiger charge is -2.35. The van der Waals surface area contributed by atoms with Crippen LogP contribution in [-0.2, 0) is 22.4 Å². The van der Waals surface area contributed by atoms with Gasteiger partial charge >= 0.3 is 0 Å². The van der Waals surface area contributed by atoms with E-state index in [2.05, 4.69) is 40.5 Å². The number of fused-ring (bicyclic) bond motifs is 3. The predicted octanol–water partition coefficient (Wildman–Crippen LogP) is 5.88. The van der Waals surface area contributed by atoms with Gasteiger partial charge in [-0.3, -0.25) is 14.6 Å². The minimum Gasteiger partial charge on any atom is -0.372 e. The number of hydrogen-bond acceptors (Lipinski definition) is 7. The minimum atomic E-state index is 0.250. The molecule has 11 heteroatoms. The molecule has 3 aromatic rings. The monoisotopic (exact) mass is 649 g/mol. The molecule has 0 radical (unpaired) electrons. The largest absolute Gasteiger partial charge is 0.372 e. The summed E-state index contributed by atoms with van der Waals surface area (Å²) < 4.78 is 1.97. The summed E-state index contributed by atoms with van der Waals surface area (Å²) in [4.78, 5) is 31.6. The Morgan fingerprint density at radius 2 is 1.87 bits per heavy atom. The van der Waals surface area contributed by atoms with Crippen LogP contribution in [-0.4, -0.2) is 70.9 Å². The molecule has 3 aliphatic rings. The Bertz CT molecular complexity index is 1530. The third kappa shape index (κ3) is 8.36. The van der Waals surface area contributed by atoms with E-state index in [9.17, 15) is 4.79 Å². The lowest BCUT2D eigenvalue weighted by Crippen LogP contribution is -2.45. The van der Waals surface area contributed by atoms with Gasteiger partial charge in [0.2, 0.25) is 12.8 Å². The van der Waals surface area contributed by atoms with E-state index in [4.69, 9.17) is 26.5 Å². The zero-order chi connectivity index (χ0) is 32.3. The molecule has 240 valence electrons. The maximum atomic E-state index is 10.3. The number of hydrogen-bond donors (Lipinski definition) is 2. The van der Waals surface area contributed by atoms with E-state index in [0.29, 0.717) is 11.1 Å². The number of aromatic nitrogens is 3. The highest BCUT2D eigenvalue weighted by molar-refractivity contribution is 7.15. The predicted molar refractivity (Wildman–Crippen MR) is 185 cm³/mol. The van der Waals surface area contributed by atoms with Crippen LogP contribution in [0.5, 0.6) is 0 Å². The number of nitrogens with zero attached hydrogens (tertiary/aromatic N) is 5. The SMILES string of the molecule is C=C/C=C(\C=NC)c1nn(-c2ccc(C)cc2Cl)c2c1CCc1nc(C)sc1-2.NC=O.O=CNC1CCN(C2CCCC2)CC1. The van der Waals surface area contributed by atoms with Crippen molar-refractivity contribution < 1.29 is 9.59 Å². The molecular formula is C34H44ClN7O2S. The minimum absolute atomic E-state index is 0.250. The van der Waals surface area contributed by atoms with Crippen molar-refractivity contribution in [1.82, 2.24) is 25.0 Å². The van der Waals surface area contributed by atoms with Gasteiger partial charge in [0, 0.05) is 49.6 Å². The van der Waals surface area contributed by atoms with Gasteiger partial charge in [0.25, 0.3) is 0 Å². The van der Waals surface area contributed by atoms with E-state index in [1.807, 2.05) is 36.0 Å². The number of halogens is 1. The van der Waals surface area contributed by atoms with Gasteiger partial charge in [0.15, 0.2) is 0 Å². The fourth-order valence-electron chi connectivity index (χ4n) is 6.42. The van der Waals surface area contributed by atoms with Gasteiger partial charge in [0.05, 0.1) is 37.7 Å². The number of thiazole rings is 1. The Morgan fingerprint density at radius 1 is 1.16 bits per heavy atom. The van der Waals surface area contributed by atoms with Gasteiger partial charge in [-0.05, 0) is 70.1 Å². The Hall–Kier alpha value is -3.60. The molecular weight excluding hydrogens is 606 g/mol. The molecule has 9 nitrogen and oxygen atoms in total. The summed E-state index contributed by atoms with van der Waals surface area (Å²) in [6.45, 7) is 10.3. The average Bonchev–Trinajstić information content (AvgIpc) is 3.77. The lowest BCUT2D eigenvalue weighted by atomic mass is 9.95. The van der Waals surface area contributed by atoms with Crippen LogP contribution in [0, 0.1) is 13.8 Å². The number of carbonyl (C=O) groups is 2. The maximum Gasteiger partial charge on any atom is 0.207 e. The first kappa shape index (κ1) is 34.3. The second-order valence-corrected chi connectivity index (χ2v) is 13.1. The van der Waals surface area contributed by atoms with Crippen molar-refractivity contribution in [2.75, 3.05) is 20.1 Å². The van der Waals surface area contributed by atoms with E-state index < -0.39 is 0 Å². The zero-order valence-corrected chi connectivity index (χ0v) is 28.0. The van der Waals surface area contributed by atoms with E-state index >= 15 is 0 Å². The van der Waals surface area contributed by atoms with Gasteiger partial charge in [-0.1, -0.05) is 49.2 Å². The first-order chi connectivity index (χ1) is 21.8. The number of carbonyl (C=O) groups excluding carboxylic acids is 2. The number of aryl methyl sites for hydroxylation is 3. The van der Waals surface area contributed by atoms with Gasteiger partial charge in [0.1, 0.15) is 0 Å². The van der Waals surface area contributed by atoms with Crippen LogP contribution in [0.2, 0.25) is 5.02 Å². The molecule has 1 aromatic carbocycles. The molecule has 0 atom stereocenters. The second-order valence-electron chi connectivity index (χ2n) is 11.5. The van der Waals surface area contributed by atoms with Crippen LogP contribution in [0.1, 0.15) is 66.0 Å². The van der Waals surface area contributed by atoms with Crippen molar-refractivity contribution >= 4 is 47.5 Å². The molecule has 3 N–H and O–H groups in total. The smallest absolute Gasteiger partial charge is 0.207 e. The number of allylic oxidation sites excluding steroid dienone is 3. The molecule has 2 aromatic heterocycles. The third-order valence-corrected chi connectivity index (χ3v) is 9.78. The van der Waals surface area contributed by atoms with Gasteiger partial charge in [-0.15, -0.1) is 11.3 Å². The van der Waals surface area contributed by atoms with Crippen molar-refractivity contribution in [3.63, 3.8) is 0 Å². The standard InChI is InChI=1S/C22H21ClN4S.C11H20N2O.CH3NO/c1-5-6-15(12-24-4)20-16-8-9-18-22(28-14(3)25-18)21(16)27(26-20)19-10-7-13(2)11-17(19)23;14-9-12-10-5-7-13(8-6-10)11-3-1-2-4-11;2-1-3/h5-7,10-12H,1,8-9H2,2-4H3;9-11H,1-8H2,(H,12,14);1H,(H2,2,3)/b15-6+,24-12?;;. The number of aliphatic imine (C=N–C) groups is 1. The molecule has 6 rings (SSSR count). The van der Waals surface area contributed by atoms with Gasteiger partial charge in [-0.2, -0.15) is 5.10 Å². The summed E-state index contributed by atoms with van der Waals surface area (Å²) in [6, 6.07) is 7.35. The molecule has 45 heavy (non-hydrogen) atoms. The van der Waals surface area contributed by atoms with Crippen molar-refractivity contribution in [2.24, 2.45) is 10.7 Å². The van der Waals surface area contributed by atoms with Crippen molar-refractivity contribution in [2.45, 2.75) is 77.3 Å². The molecule has 1 aliphatic heterocycles. The quantitative estimate of drug-likeness (QED) is 0.188. The molecule has 0 unspecified atom stereocenters. The van der Waals surface area contributed by atoms with Crippen molar-refractivity contribution in [1.29, 1.82) is 0 Å². The van der Waals surface area contributed by atoms with Crippen molar-refractivity contribution in [3.05, 3.63) is 69.5 Å². The highest BCUT2D eigenvalue weighted by Crippen LogP contribution is 2.42. The molecule has 3 heterocycles. The topological polar surface area (TPSA) is 118 Å². The summed E-state index contributed by atoms with van der Waals surface area (Å²) in [5.74, 6) is 0. The first-order valence-electron chi connectivity index (χ1n) is 15.5. The normalized spacial score (nSPS) is 17.0. The Labute approximate surface area is 275 Å². The Balaban J connectivity index is 0.000000226. The van der Waals surface area contributed by atoms with Crippen LogP contribution in [0.25, 0.3) is 21.8 Å². The number of nitrogens with two attached hydrogens (primary N) is 1. The van der Waals surface area contributed by atoms with E-state index in [-0.39, 0.29) is 6.41 Å². The number of rotatable bonds is 7. The number of benzene rings is 1. The molecule has 1 saturated carbocycles. The van der Waals surface area contributed by atoms with Crippen LogP contribution < -0.4 is 11.1 Å². The Morgan fingerprint density at radius 3 is 2.49 bits per heavy atom. The molecule has 0 bridgehead atoms. The molecule has 1 saturated heterocycles. The van der Waals surface area contributed by atoms with Crippen molar-refractivity contribution in [3.8, 4) is 16.3 Å². The summed E-state index contributed by atoms with van der Waals surface area (Å²) in [7, 11) is 1.77. The van der Waals surface area contributed by atoms with E-state index in [0.717, 1.165) is 77.0 Å². The number of piperidine rings is 1. The second kappa shape index (κ2) is 16.6. The van der Waals surface area contributed by atoms with Crippen LogP contribution in [0.3, 0.4) is 0 Å². The van der Waals surface area contributed by atoms with Gasteiger partial charge in [-0.25, -0.2) is 9.67 Å². The molecule has 2 aliphatic carbocycles.